The molecule has 1 spiro atoms. The standard InChI is InChI=1S/C18H21BrN2O4/c1-12-6-4-5-9-18(12)16(23)21(17(24)20-18)10-15(22)25-11-13-7-2-3-8-14(13)19/h2-3,7-8,12H,4-6,9-11H2,1H3,(H,20,24)/t12-,18+/m1/s1. The van der Waals surface area contributed by atoms with Crippen molar-refractivity contribution in [3.05, 3.63) is 34.3 Å². The Labute approximate surface area is 155 Å². The van der Waals surface area contributed by atoms with Gasteiger partial charge in [-0.2, -0.15) is 0 Å². The second-order valence-corrected chi connectivity index (χ2v) is 7.55. The van der Waals surface area contributed by atoms with Crippen molar-refractivity contribution in [1.82, 2.24) is 10.2 Å². The van der Waals surface area contributed by atoms with Gasteiger partial charge in [-0.3, -0.25) is 14.5 Å². The summed E-state index contributed by atoms with van der Waals surface area (Å²) in [4.78, 5) is 38.1. The Morgan fingerprint density at radius 1 is 1.36 bits per heavy atom. The first kappa shape index (κ1) is 17.9. The van der Waals surface area contributed by atoms with Gasteiger partial charge in [-0.25, -0.2) is 4.79 Å². The molecule has 2 aliphatic rings. The Balaban J connectivity index is 1.62. The molecule has 1 aliphatic heterocycles. The van der Waals surface area contributed by atoms with Crippen LogP contribution in [0.5, 0.6) is 0 Å². The maximum absolute atomic E-state index is 12.8. The van der Waals surface area contributed by atoms with Gasteiger partial charge in [-0.05, 0) is 24.8 Å². The molecule has 0 radical (unpaired) electrons. The number of amides is 3. The molecule has 1 saturated heterocycles. The highest BCUT2D eigenvalue weighted by Gasteiger charge is 2.55. The number of benzene rings is 1. The van der Waals surface area contributed by atoms with Crippen LogP contribution in [0.3, 0.4) is 0 Å². The first-order chi connectivity index (χ1) is 11.9. The number of ether oxygens (including phenoxy) is 1. The summed E-state index contributed by atoms with van der Waals surface area (Å²) < 4.78 is 6.07. The lowest BCUT2D eigenvalue weighted by Crippen LogP contribution is -2.54. The Kier molecular flexibility index (Phi) is 5.13. The summed E-state index contributed by atoms with van der Waals surface area (Å²) in [5.74, 6) is -0.832. The molecule has 7 heteroatoms. The molecule has 25 heavy (non-hydrogen) atoms. The van der Waals surface area contributed by atoms with Gasteiger partial charge >= 0.3 is 12.0 Å². The zero-order valence-corrected chi connectivity index (χ0v) is 15.7. The topological polar surface area (TPSA) is 75.7 Å². The Morgan fingerprint density at radius 3 is 2.84 bits per heavy atom. The SMILES string of the molecule is C[C@@H]1CCCC[C@]12NC(=O)N(CC(=O)OCc1ccccc1Br)C2=O. The Morgan fingerprint density at radius 2 is 2.12 bits per heavy atom. The number of imide groups is 1. The largest absolute Gasteiger partial charge is 0.459 e. The molecule has 1 aliphatic carbocycles. The molecule has 134 valence electrons. The fourth-order valence-electron chi connectivity index (χ4n) is 3.59. The van der Waals surface area contributed by atoms with Crippen molar-refractivity contribution < 1.29 is 19.1 Å². The van der Waals surface area contributed by atoms with E-state index in [1.807, 2.05) is 31.2 Å². The summed E-state index contributed by atoms with van der Waals surface area (Å²) >= 11 is 3.39. The van der Waals surface area contributed by atoms with Crippen molar-refractivity contribution >= 4 is 33.8 Å². The van der Waals surface area contributed by atoms with Gasteiger partial charge in [0, 0.05) is 10.0 Å². The van der Waals surface area contributed by atoms with Gasteiger partial charge in [-0.15, -0.1) is 0 Å². The first-order valence-electron chi connectivity index (χ1n) is 8.47. The minimum absolute atomic E-state index is 0.0685. The Hall–Kier alpha value is -1.89. The molecule has 1 aromatic carbocycles. The van der Waals surface area contributed by atoms with E-state index in [0.29, 0.717) is 6.42 Å². The van der Waals surface area contributed by atoms with Crippen LogP contribution in [0.25, 0.3) is 0 Å². The lowest BCUT2D eigenvalue weighted by atomic mass is 9.73. The highest BCUT2D eigenvalue weighted by Crippen LogP contribution is 2.38. The predicted molar refractivity (Wildman–Crippen MR) is 94.5 cm³/mol. The molecule has 1 saturated carbocycles. The van der Waals surface area contributed by atoms with Gasteiger partial charge in [-0.1, -0.05) is 53.9 Å². The van der Waals surface area contributed by atoms with Crippen LogP contribution < -0.4 is 5.32 Å². The van der Waals surface area contributed by atoms with E-state index in [1.54, 1.807) is 0 Å². The monoisotopic (exact) mass is 408 g/mol. The average molecular weight is 409 g/mol. The first-order valence-corrected chi connectivity index (χ1v) is 9.26. The molecular formula is C18H21BrN2O4. The molecular weight excluding hydrogens is 388 g/mol. The van der Waals surface area contributed by atoms with Crippen LogP contribution in [-0.4, -0.2) is 34.9 Å². The van der Waals surface area contributed by atoms with Crippen molar-refractivity contribution in [2.75, 3.05) is 6.54 Å². The zero-order valence-electron chi connectivity index (χ0n) is 14.1. The van der Waals surface area contributed by atoms with E-state index in [4.69, 9.17) is 4.74 Å². The predicted octanol–water partition coefficient (Wildman–Crippen LogP) is 2.99. The highest BCUT2D eigenvalue weighted by molar-refractivity contribution is 9.10. The maximum atomic E-state index is 12.8. The second-order valence-electron chi connectivity index (χ2n) is 6.69. The van der Waals surface area contributed by atoms with Crippen LogP contribution in [0.15, 0.2) is 28.7 Å². The number of nitrogens with one attached hydrogen (secondary N) is 1. The van der Waals surface area contributed by atoms with Gasteiger partial charge in [0.25, 0.3) is 5.91 Å². The van der Waals surface area contributed by atoms with E-state index in [-0.39, 0.29) is 25.0 Å². The number of rotatable bonds is 4. The van der Waals surface area contributed by atoms with Gasteiger partial charge in [0.2, 0.25) is 0 Å². The molecule has 0 unspecified atom stereocenters. The number of hydrogen-bond acceptors (Lipinski definition) is 4. The van der Waals surface area contributed by atoms with Gasteiger partial charge in [0.05, 0.1) is 0 Å². The number of carbonyl (C=O) groups excluding carboxylic acids is 3. The van der Waals surface area contributed by atoms with E-state index >= 15 is 0 Å². The van der Waals surface area contributed by atoms with Crippen LogP contribution in [0.2, 0.25) is 0 Å². The van der Waals surface area contributed by atoms with E-state index in [2.05, 4.69) is 21.2 Å². The van der Waals surface area contributed by atoms with E-state index in [9.17, 15) is 14.4 Å². The molecule has 1 N–H and O–H groups in total. The molecule has 0 bridgehead atoms. The molecule has 3 amide bonds. The number of carbonyl (C=O) groups is 3. The van der Waals surface area contributed by atoms with Gasteiger partial charge in [0.1, 0.15) is 18.7 Å². The molecule has 1 heterocycles. The van der Waals surface area contributed by atoms with Crippen molar-refractivity contribution in [3.63, 3.8) is 0 Å². The second kappa shape index (κ2) is 7.15. The summed E-state index contributed by atoms with van der Waals surface area (Å²) in [6.45, 7) is 1.71. The summed E-state index contributed by atoms with van der Waals surface area (Å²) in [5.41, 5.74) is -0.0247. The fraction of sp³-hybridized carbons (Fsp3) is 0.500. The van der Waals surface area contributed by atoms with Gasteiger partial charge in [0.15, 0.2) is 0 Å². The maximum Gasteiger partial charge on any atom is 0.326 e. The number of urea groups is 1. The van der Waals surface area contributed by atoms with E-state index < -0.39 is 17.5 Å². The fourth-order valence-corrected chi connectivity index (χ4v) is 3.99. The molecule has 2 atom stereocenters. The van der Waals surface area contributed by atoms with Crippen LogP contribution in [0.1, 0.15) is 38.2 Å². The number of hydrogen-bond donors (Lipinski definition) is 1. The quantitative estimate of drug-likeness (QED) is 0.613. The van der Waals surface area contributed by atoms with Crippen molar-refractivity contribution in [2.45, 2.75) is 44.8 Å². The molecule has 2 fully saturated rings. The van der Waals surface area contributed by atoms with Crippen LogP contribution >= 0.6 is 15.9 Å². The van der Waals surface area contributed by atoms with Crippen LogP contribution in [0.4, 0.5) is 4.79 Å². The summed E-state index contributed by atoms with van der Waals surface area (Å²) in [5, 5.41) is 2.83. The van der Waals surface area contributed by atoms with Crippen LogP contribution in [0, 0.1) is 5.92 Å². The minimum atomic E-state index is -0.849. The molecule has 3 rings (SSSR count). The minimum Gasteiger partial charge on any atom is -0.459 e. The Bertz CT molecular complexity index is 708. The lowest BCUT2D eigenvalue weighted by molar-refractivity contribution is -0.149. The smallest absolute Gasteiger partial charge is 0.326 e. The molecule has 6 nitrogen and oxygen atoms in total. The third kappa shape index (κ3) is 3.42. The summed E-state index contributed by atoms with van der Waals surface area (Å²) in [6.07, 6.45) is 3.48. The number of esters is 1. The third-order valence-electron chi connectivity index (χ3n) is 5.14. The average Bonchev–Trinajstić information content (AvgIpc) is 2.82. The normalized spacial score (nSPS) is 26.0. The number of nitrogens with zero attached hydrogens (tertiary/aromatic N) is 1. The van der Waals surface area contributed by atoms with E-state index in [0.717, 1.165) is 34.2 Å². The third-order valence-corrected chi connectivity index (χ3v) is 5.91. The van der Waals surface area contributed by atoms with Crippen molar-refractivity contribution in [2.24, 2.45) is 5.92 Å². The zero-order chi connectivity index (χ0) is 18.0. The van der Waals surface area contributed by atoms with Crippen LogP contribution in [-0.2, 0) is 20.9 Å². The summed E-state index contributed by atoms with van der Waals surface area (Å²) in [7, 11) is 0. The van der Waals surface area contributed by atoms with Crippen molar-refractivity contribution in [1.29, 1.82) is 0 Å². The van der Waals surface area contributed by atoms with Crippen molar-refractivity contribution in [3.8, 4) is 0 Å². The van der Waals surface area contributed by atoms with E-state index in [1.165, 1.54) is 0 Å². The molecule has 0 aromatic heterocycles. The van der Waals surface area contributed by atoms with Gasteiger partial charge < -0.3 is 10.1 Å². The summed E-state index contributed by atoms with van der Waals surface area (Å²) in [6, 6.07) is 6.91. The molecule has 1 aromatic rings. The lowest BCUT2D eigenvalue weighted by Gasteiger charge is -2.36. The number of halogens is 1. The highest BCUT2D eigenvalue weighted by atomic mass is 79.9.